The van der Waals surface area contributed by atoms with Crippen molar-refractivity contribution >= 4 is 17.7 Å². The Labute approximate surface area is 206 Å². The summed E-state index contributed by atoms with van der Waals surface area (Å²) >= 11 is 0. The van der Waals surface area contributed by atoms with Crippen LogP contribution in [0, 0.1) is 12.8 Å². The van der Waals surface area contributed by atoms with Crippen LogP contribution in [0.5, 0.6) is 5.75 Å². The molecule has 2 aliphatic heterocycles. The summed E-state index contributed by atoms with van der Waals surface area (Å²) in [4.78, 5) is 43.3. The first kappa shape index (κ1) is 24.7. The van der Waals surface area contributed by atoms with Crippen molar-refractivity contribution in [1.82, 2.24) is 15.1 Å². The number of morpholine rings is 1. The van der Waals surface area contributed by atoms with Gasteiger partial charge in [0.15, 0.2) is 0 Å². The summed E-state index contributed by atoms with van der Waals surface area (Å²) in [5, 5.41) is 3.03. The van der Waals surface area contributed by atoms with Crippen LogP contribution >= 0.6 is 0 Å². The van der Waals surface area contributed by atoms with E-state index in [9.17, 15) is 14.4 Å². The summed E-state index contributed by atoms with van der Waals surface area (Å²) in [5.41, 5.74) is 2.05. The first-order valence-corrected chi connectivity index (χ1v) is 12.1. The number of amides is 3. The summed E-state index contributed by atoms with van der Waals surface area (Å²) < 4.78 is 10.8. The monoisotopic (exact) mass is 479 g/mol. The van der Waals surface area contributed by atoms with Gasteiger partial charge in [0.2, 0.25) is 5.91 Å². The topological polar surface area (TPSA) is 88.2 Å². The molecule has 0 saturated carbocycles. The van der Waals surface area contributed by atoms with Gasteiger partial charge in [-0.25, -0.2) is 0 Å². The minimum Gasteiger partial charge on any atom is -0.496 e. The van der Waals surface area contributed by atoms with Gasteiger partial charge >= 0.3 is 0 Å². The fourth-order valence-corrected chi connectivity index (χ4v) is 4.80. The third-order valence-corrected chi connectivity index (χ3v) is 6.79. The van der Waals surface area contributed by atoms with Gasteiger partial charge in [0, 0.05) is 31.7 Å². The first-order valence-electron chi connectivity index (χ1n) is 12.1. The van der Waals surface area contributed by atoms with Crippen LogP contribution in [0.25, 0.3) is 0 Å². The largest absolute Gasteiger partial charge is 0.496 e. The van der Waals surface area contributed by atoms with Crippen LogP contribution in [0.1, 0.15) is 39.1 Å². The molecule has 0 aromatic heterocycles. The SMILES string of the molecule is COc1ccccc1C(=O)N1CCC(C(NC(=O)c2cccc(C)c2)C(=O)N2CCOCC2)CC1. The van der Waals surface area contributed by atoms with Crippen molar-refractivity contribution in [1.29, 1.82) is 0 Å². The molecule has 2 saturated heterocycles. The van der Waals surface area contributed by atoms with E-state index in [1.54, 1.807) is 35.1 Å². The number of carbonyl (C=O) groups is 3. The molecule has 186 valence electrons. The van der Waals surface area contributed by atoms with Gasteiger partial charge in [-0.05, 0) is 49.9 Å². The van der Waals surface area contributed by atoms with Gasteiger partial charge in [-0.2, -0.15) is 0 Å². The predicted octanol–water partition coefficient (Wildman–Crippen LogP) is 2.51. The van der Waals surface area contributed by atoms with E-state index in [4.69, 9.17) is 9.47 Å². The van der Waals surface area contributed by atoms with Crippen LogP contribution in [0.15, 0.2) is 48.5 Å². The Morgan fingerprint density at radius 2 is 1.69 bits per heavy atom. The third kappa shape index (κ3) is 5.82. The number of para-hydroxylation sites is 1. The number of rotatable bonds is 6. The van der Waals surface area contributed by atoms with Crippen LogP contribution in [0.4, 0.5) is 0 Å². The molecule has 1 unspecified atom stereocenters. The average molecular weight is 480 g/mol. The number of benzene rings is 2. The zero-order valence-corrected chi connectivity index (χ0v) is 20.4. The summed E-state index contributed by atoms with van der Waals surface area (Å²) in [6, 6.07) is 13.9. The highest BCUT2D eigenvalue weighted by Gasteiger charge is 2.37. The van der Waals surface area contributed by atoms with E-state index in [1.165, 1.54) is 0 Å². The van der Waals surface area contributed by atoms with Crippen molar-refractivity contribution < 1.29 is 23.9 Å². The normalized spacial score (nSPS) is 17.5. The molecule has 8 heteroatoms. The number of nitrogens with one attached hydrogen (secondary N) is 1. The second-order valence-corrected chi connectivity index (χ2v) is 9.09. The number of piperidine rings is 1. The van der Waals surface area contributed by atoms with E-state index in [1.807, 2.05) is 37.3 Å². The second-order valence-electron chi connectivity index (χ2n) is 9.09. The smallest absolute Gasteiger partial charge is 0.257 e. The van der Waals surface area contributed by atoms with Gasteiger partial charge < -0.3 is 24.6 Å². The Kier molecular flexibility index (Phi) is 8.02. The van der Waals surface area contributed by atoms with Gasteiger partial charge in [0.25, 0.3) is 11.8 Å². The molecule has 2 fully saturated rings. The lowest BCUT2D eigenvalue weighted by atomic mass is 9.87. The third-order valence-electron chi connectivity index (χ3n) is 6.79. The molecule has 35 heavy (non-hydrogen) atoms. The van der Waals surface area contributed by atoms with E-state index in [0.717, 1.165) is 5.56 Å². The maximum absolute atomic E-state index is 13.5. The molecular formula is C27H33N3O5. The van der Waals surface area contributed by atoms with Crippen LogP contribution in [-0.2, 0) is 9.53 Å². The summed E-state index contributed by atoms with van der Waals surface area (Å²) in [5.74, 6) is 0.0589. The minimum atomic E-state index is -0.648. The van der Waals surface area contributed by atoms with Crippen molar-refractivity contribution in [2.75, 3.05) is 46.5 Å². The zero-order chi connectivity index (χ0) is 24.8. The summed E-state index contributed by atoms with van der Waals surface area (Å²) in [6.07, 6.45) is 1.24. The van der Waals surface area contributed by atoms with E-state index in [-0.39, 0.29) is 23.6 Å². The van der Waals surface area contributed by atoms with Crippen molar-refractivity contribution in [3.63, 3.8) is 0 Å². The highest BCUT2D eigenvalue weighted by molar-refractivity contribution is 5.98. The zero-order valence-electron chi connectivity index (χ0n) is 20.4. The van der Waals surface area contributed by atoms with Crippen LogP contribution in [0.2, 0.25) is 0 Å². The summed E-state index contributed by atoms with van der Waals surface area (Å²) in [6.45, 7) is 4.97. The van der Waals surface area contributed by atoms with Crippen LogP contribution in [-0.4, -0.2) is 80.1 Å². The second kappa shape index (κ2) is 11.4. The molecule has 8 nitrogen and oxygen atoms in total. The van der Waals surface area contributed by atoms with Crippen molar-refractivity contribution in [3.05, 3.63) is 65.2 Å². The number of carbonyl (C=O) groups excluding carboxylic acids is 3. The lowest BCUT2D eigenvalue weighted by molar-refractivity contribution is -0.139. The van der Waals surface area contributed by atoms with E-state index < -0.39 is 6.04 Å². The number of nitrogens with zero attached hydrogens (tertiary/aromatic N) is 2. The van der Waals surface area contributed by atoms with Gasteiger partial charge in [-0.3, -0.25) is 14.4 Å². The van der Waals surface area contributed by atoms with Crippen LogP contribution < -0.4 is 10.1 Å². The average Bonchev–Trinajstić information content (AvgIpc) is 2.91. The van der Waals surface area contributed by atoms with Gasteiger partial charge in [-0.15, -0.1) is 0 Å². The Morgan fingerprint density at radius 1 is 0.971 bits per heavy atom. The molecule has 0 aliphatic carbocycles. The Bertz CT molecular complexity index is 1060. The van der Waals surface area contributed by atoms with Crippen molar-refractivity contribution in [2.45, 2.75) is 25.8 Å². The number of methoxy groups -OCH3 is 1. The molecule has 0 bridgehead atoms. The number of likely N-dealkylation sites (tertiary alicyclic amines) is 1. The van der Waals surface area contributed by atoms with Gasteiger partial charge in [0.05, 0.1) is 25.9 Å². The standard InChI is InChI=1S/C27H33N3O5/c1-19-6-5-7-21(18-19)25(31)28-24(27(33)30-14-16-35-17-15-30)20-10-12-29(13-11-20)26(32)22-8-3-4-9-23(22)34-2/h3-9,18,20,24H,10-17H2,1-2H3,(H,28,31). The Morgan fingerprint density at radius 3 is 2.37 bits per heavy atom. The van der Waals surface area contributed by atoms with Crippen molar-refractivity contribution in [3.8, 4) is 5.75 Å². The minimum absolute atomic E-state index is 0.0687. The Balaban J connectivity index is 1.48. The lowest BCUT2D eigenvalue weighted by Gasteiger charge is -2.38. The molecule has 1 atom stereocenters. The first-order chi connectivity index (χ1) is 17.0. The molecule has 3 amide bonds. The molecule has 0 spiro atoms. The van der Waals surface area contributed by atoms with Gasteiger partial charge in [0.1, 0.15) is 11.8 Å². The molecule has 1 N–H and O–H groups in total. The maximum atomic E-state index is 13.5. The van der Waals surface area contributed by atoms with Gasteiger partial charge in [-0.1, -0.05) is 29.8 Å². The highest BCUT2D eigenvalue weighted by atomic mass is 16.5. The maximum Gasteiger partial charge on any atom is 0.257 e. The molecule has 2 aromatic carbocycles. The van der Waals surface area contributed by atoms with Crippen molar-refractivity contribution in [2.24, 2.45) is 5.92 Å². The van der Waals surface area contributed by atoms with Crippen LogP contribution in [0.3, 0.4) is 0 Å². The number of hydrogen-bond acceptors (Lipinski definition) is 5. The fraction of sp³-hybridized carbons (Fsp3) is 0.444. The molecule has 0 radical (unpaired) electrons. The number of aryl methyl sites for hydroxylation is 1. The molecule has 2 aromatic rings. The lowest BCUT2D eigenvalue weighted by Crippen LogP contribution is -2.56. The molecule has 4 rings (SSSR count). The number of hydrogen-bond donors (Lipinski definition) is 1. The Hall–Kier alpha value is -3.39. The fourth-order valence-electron chi connectivity index (χ4n) is 4.80. The van der Waals surface area contributed by atoms with E-state index in [2.05, 4.69) is 5.32 Å². The van der Waals surface area contributed by atoms with E-state index in [0.29, 0.717) is 69.1 Å². The number of ether oxygens (including phenoxy) is 2. The quantitative estimate of drug-likeness (QED) is 0.688. The molecular weight excluding hydrogens is 446 g/mol. The molecule has 2 aliphatic rings. The highest BCUT2D eigenvalue weighted by Crippen LogP contribution is 2.26. The summed E-state index contributed by atoms with van der Waals surface area (Å²) in [7, 11) is 1.55. The predicted molar refractivity (Wildman–Crippen MR) is 131 cm³/mol. The molecule has 2 heterocycles. The van der Waals surface area contributed by atoms with E-state index >= 15 is 0 Å².